The number of hydrogen-bond acceptors (Lipinski definition) is 4. The van der Waals surface area contributed by atoms with Gasteiger partial charge in [0.2, 0.25) is 0 Å². The van der Waals surface area contributed by atoms with Crippen LogP contribution in [0.4, 0.5) is 0 Å². The molecule has 0 bridgehead atoms. The standard InChI is InChI=1S/C13H17N5O.ClH/c14-8-4-5-9-15-13(19)12-10-18(17-16-12)11-6-2-1-3-7-11;/h1-3,6-7,10H,4-5,8-9,14H2,(H,15,19);1H. The largest absolute Gasteiger partial charge is 0.351 e. The van der Waals surface area contributed by atoms with Gasteiger partial charge in [-0.15, -0.1) is 17.5 Å². The van der Waals surface area contributed by atoms with Crippen LogP contribution in [0.1, 0.15) is 23.3 Å². The first-order chi connectivity index (χ1) is 9.31. The van der Waals surface area contributed by atoms with Gasteiger partial charge in [0.1, 0.15) is 0 Å². The molecule has 2 aromatic rings. The number of carbonyl (C=O) groups is 1. The molecule has 0 aliphatic rings. The average Bonchev–Trinajstić information content (AvgIpc) is 2.94. The Morgan fingerprint density at radius 1 is 1.25 bits per heavy atom. The molecule has 0 aliphatic carbocycles. The summed E-state index contributed by atoms with van der Waals surface area (Å²) in [6, 6.07) is 9.54. The molecule has 1 amide bonds. The Kier molecular flexibility index (Phi) is 6.69. The van der Waals surface area contributed by atoms with Crippen LogP contribution < -0.4 is 11.1 Å². The molecular weight excluding hydrogens is 278 g/mol. The number of rotatable bonds is 6. The van der Waals surface area contributed by atoms with Crippen LogP contribution in [0.25, 0.3) is 5.69 Å². The molecule has 3 N–H and O–H groups in total. The SMILES string of the molecule is Cl.NCCCCNC(=O)c1cn(-c2ccccc2)nn1. The summed E-state index contributed by atoms with van der Waals surface area (Å²) < 4.78 is 1.58. The minimum absolute atomic E-state index is 0. The molecule has 2 rings (SSSR count). The van der Waals surface area contributed by atoms with Crippen LogP contribution in [0.15, 0.2) is 36.5 Å². The molecule has 1 heterocycles. The van der Waals surface area contributed by atoms with Gasteiger partial charge in [-0.05, 0) is 31.5 Å². The molecule has 0 atom stereocenters. The maximum absolute atomic E-state index is 11.8. The number of amides is 1. The second-order valence-electron chi connectivity index (χ2n) is 4.14. The fourth-order valence-electron chi connectivity index (χ4n) is 1.64. The first-order valence-electron chi connectivity index (χ1n) is 6.27. The number of aromatic nitrogens is 3. The van der Waals surface area contributed by atoms with E-state index in [4.69, 9.17) is 5.73 Å². The van der Waals surface area contributed by atoms with E-state index in [0.717, 1.165) is 18.5 Å². The maximum atomic E-state index is 11.8. The molecule has 1 aromatic carbocycles. The Morgan fingerprint density at radius 2 is 2.00 bits per heavy atom. The molecule has 7 heteroatoms. The Bertz CT molecular complexity index is 529. The molecule has 0 saturated heterocycles. The highest BCUT2D eigenvalue weighted by atomic mass is 35.5. The van der Waals surface area contributed by atoms with Crippen molar-refractivity contribution in [2.45, 2.75) is 12.8 Å². The first-order valence-corrected chi connectivity index (χ1v) is 6.27. The molecule has 6 nitrogen and oxygen atoms in total. The van der Waals surface area contributed by atoms with Gasteiger partial charge < -0.3 is 11.1 Å². The molecule has 20 heavy (non-hydrogen) atoms. The molecule has 0 fully saturated rings. The van der Waals surface area contributed by atoms with Gasteiger partial charge in [0, 0.05) is 6.54 Å². The zero-order valence-corrected chi connectivity index (χ0v) is 11.8. The summed E-state index contributed by atoms with van der Waals surface area (Å²) in [5.74, 6) is -0.209. The molecule has 0 spiro atoms. The lowest BCUT2D eigenvalue weighted by molar-refractivity contribution is 0.0948. The molecule has 0 saturated carbocycles. The quantitative estimate of drug-likeness (QED) is 0.783. The monoisotopic (exact) mass is 295 g/mol. The number of carbonyl (C=O) groups excluding carboxylic acids is 1. The van der Waals surface area contributed by atoms with Crippen molar-refractivity contribution >= 4 is 18.3 Å². The van der Waals surface area contributed by atoms with Gasteiger partial charge in [-0.1, -0.05) is 23.4 Å². The summed E-state index contributed by atoms with van der Waals surface area (Å²) in [7, 11) is 0. The van der Waals surface area contributed by atoms with E-state index in [-0.39, 0.29) is 18.3 Å². The van der Waals surface area contributed by atoms with E-state index >= 15 is 0 Å². The van der Waals surface area contributed by atoms with Crippen molar-refractivity contribution in [1.29, 1.82) is 0 Å². The van der Waals surface area contributed by atoms with E-state index in [0.29, 0.717) is 18.8 Å². The number of unbranched alkanes of at least 4 members (excludes halogenated alkanes) is 1. The zero-order chi connectivity index (χ0) is 13.5. The Labute approximate surface area is 123 Å². The number of benzene rings is 1. The van der Waals surface area contributed by atoms with Gasteiger partial charge in [-0.2, -0.15) is 0 Å². The number of nitrogens with one attached hydrogen (secondary N) is 1. The van der Waals surface area contributed by atoms with E-state index in [2.05, 4.69) is 15.6 Å². The summed E-state index contributed by atoms with van der Waals surface area (Å²) >= 11 is 0. The van der Waals surface area contributed by atoms with E-state index in [1.54, 1.807) is 10.9 Å². The third kappa shape index (κ3) is 4.32. The average molecular weight is 296 g/mol. The van der Waals surface area contributed by atoms with Crippen molar-refractivity contribution in [3.63, 3.8) is 0 Å². The molecule has 0 radical (unpaired) electrons. The highest BCUT2D eigenvalue weighted by molar-refractivity contribution is 5.91. The fraction of sp³-hybridized carbons (Fsp3) is 0.308. The van der Waals surface area contributed by atoms with Crippen molar-refractivity contribution in [2.75, 3.05) is 13.1 Å². The van der Waals surface area contributed by atoms with Crippen LogP contribution in [0, 0.1) is 0 Å². The summed E-state index contributed by atoms with van der Waals surface area (Å²) in [5.41, 5.74) is 6.57. The van der Waals surface area contributed by atoms with Crippen LogP contribution in [0.2, 0.25) is 0 Å². The minimum Gasteiger partial charge on any atom is -0.351 e. The maximum Gasteiger partial charge on any atom is 0.273 e. The third-order valence-corrected chi connectivity index (χ3v) is 2.66. The van der Waals surface area contributed by atoms with E-state index in [9.17, 15) is 4.79 Å². The highest BCUT2D eigenvalue weighted by Gasteiger charge is 2.10. The van der Waals surface area contributed by atoms with E-state index in [1.807, 2.05) is 30.3 Å². The van der Waals surface area contributed by atoms with Gasteiger partial charge in [-0.25, -0.2) is 4.68 Å². The summed E-state index contributed by atoms with van der Waals surface area (Å²) in [4.78, 5) is 11.8. The number of nitrogens with zero attached hydrogens (tertiary/aromatic N) is 3. The predicted octanol–water partition coefficient (Wildman–Crippen LogP) is 1.16. The fourth-order valence-corrected chi connectivity index (χ4v) is 1.64. The minimum atomic E-state index is -0.209. The number of nitrogens with two attached hydrogens (primary N) is 1. The summed E-state index contributed by atoms with van der Waals surface area (Å²) in [6.45, 7) is 1.24. The van der Waals surface area contributed by atoms with Gasteiger partial charge >= 0.3 is 0 Å². The highest BCUT2D eigenvalue weighted by Crippen LogP contribution is 2.05. The first kappa shape index (κ1) is 16.1. The molecular formula is C13H18ClN5O. The van der Waals surface area contributed by atoms with Crippen molar-refractivity contribution in [3.8, 4) is 5.69 Å². The molecule has 0 aliphatic heterocycles. The van der Waals surface area contributed by atoms with Crippen LogP contribution >= 0.6 is 12.4 Å². The Hall–Kier alpha value is -1.92. The second kappa shape index (κ2) is 8.29. The topological polar surface area (TPSA) is 85.8 Å². The summed E-state index contributed by atoms with van der Waals surface area (Å²) in [5, 5.41) is 10.6. The Balaban J connectivity index is 0.00000200. The van der Waals surface area contributed by atoms with Crippen LogP contribution in [0.5, 0.6) is 0 Å². The van der Waals surface area contributed by atoms with Crippen molar-refractivity contribution in [2.24, 2.45) is 5.73 Å². The number of para-hydroxylation sites is 1. The number of halogens is 1. The van der Waals surface area contributed by atoms with Crippen LogP contribution in [0.3, 0.4) is 0 Å². The molecule has 1 aromatic heterocycles. The number of hydrogen-bond donors (Lipinski definition) is 2. The van der Waals surface area contributed by atoms with E-state index < -0.39 is 0 Å². The van der Waals surface area contributed by atoms with Crippen molar-refractivity contribution in [3.05, 3.63) is 42.2 Å². The van der Waals surface area contributed by atoms with E-state index in [1.165, 1.54) is 0 Å². The third-order valence-electron chi connectivity index (χ3n) is 2.66. The molecule has 108 valence electrons. The smallest absolute Gasteiger partial charge is 0.273 e. The lowest BCUT2D eigenvalue weighted by Gasteiger charge is -2.01. The normalized spacial score (nSPS) is 9.85. The van der Waals surface area contributed by atoms with Crippen molar-refractivity contribution < 1.29 is 4.79 Å². The van der Waals surface area contributed by atoms with Crippen LogP contribution in [-0.4, -0.2) is 34.0 Å². The molecule has 0 unspecified atom stereocenters. The Morgan fingerprint density at radius 3 is 2.70 bits per heavy atom. The van der Waals surface area contributed by atoms with Crippen molar-refractivity contribution in [1.82, 2.24) is 20.3 Å². The second-order valence-corrected chi connectivity index (χ2v) is 4.14. The summed E-state index contributed by atoms with van der Waals surface area (Å²) in [6.07, 6.45) is 3.39. The van der Waals surface area contributed by atoms with Gasteiger partial charge in [0.05, 0.1) is 11.9 Å². The van der Waals surface area contributed by atoms with Crippen LogP contribution in [-0.2, 0) is 0 Å². The lowest BCUT2D eigenvalue weighted by atomic mass is 10.3. The van der Waals surface area contributed by atoms with Gasteiger partial charge in [0.25, 0.3) is 5.91 Å². The lowest BCUT2D eigenvalue weighted by Crippen LogP contribution is -2.25. The van der Waals surface area contributed by atoms with Gasteiger partial charge in [0.15, 0.2) is 5.69 Å². The zero-order valence-electron chi connectivity index (χ0n) is 11.0. The predicted molar refractivity (Wildman–Crippen MR) is 79.2 cm³/mol. The van der Waals surface area contributed by atoms with Gasteiger partial charge in [-0.3, -0.25) is 4.79 Å².